The average Bonchev–Trinajstić information content (AvgIpc) is 3.39. The highest BCUT2D eigenvalue weighted by Crippen LogP contribution is 2.56. The van der Waals surface area contributed by atoms with E-state index in [-0.39, 0.29) is 23.9 Å². The van der Waals surface area contributed by atoms with Crippen molar-refractivity contribution in [2.45, 2.75) is 75.8 Å². The molecule has 8 unspecified atom stereocenters. The molecule has 0 radical (unpaired) electrons. The Labute approximate surface area is 291 Å². The molecule has 3 aromatic rings. The van der Waals surface area contributed by atoms with Crippen LogP contribution in [0.1, 0.15) is 79.4 Å². The summed E-state index contributed by atoms with van der Waals surface area (Å²) in [5, 5.41) is 14.9. The normalized spacial score (nSPS) is 33.5. The zero-order chi connectivity index (χ0) is 32.7. The van der Waals surface area contributed by atoms with Crippen molar-refractivity contribution >= 4 is 16.3 Å². The number of hydrogen-bond acceptors (Lipinski definition) is 3. The van der Waals surface area contributed by atoms with Gasteiger partial charge in [-0.25, -0.2) is 0 Å². The zero-order valence-corrected chi connectivity index (χ0v) is 28.7. The third-order valence-electron chi connectivity index (χ3n) is 13.0. The highest BCUT2D eigenvalue weighted by atomic mass is 15.4. The SMILES string of the molecule is CC1(C)C2=C(CCC=C2)c2c1ccc1c2C2C=CC=C(C3NC(c4ccc5ccccc5c4)NC(C4C=CC5C=CC=CC5C4)N3)C2CC1. The van der Waals surface area contributed by atoms with Gasteiger partial charge in [0.25, 0.3) is 0 Å². The van der Waals surface area contributed by atoms with E-state index in [0.717, 1.165) is 25.7 Å². The lowest BCUT2D eigenvalue weighted by atomic mass is 9.66. The average molecular weight is 642 g/mol. The van der Waals surface area contributed by atoms with Gasteiger partial charge in [0.1, 0.15) is 0 Å². The number of rotatable bonds is 3. The zero-order valence-electron chi connectivity index (χ0n) is 28.7. The van der Waals surface area contributed by atoms with Gasteiger partial charge < -0.3 is 0 Å². The van der Waals surface area contributed by atoms with E-state index in [1.165, 1.54) is 33.9 Å². The molecule has 10 rings (SSSR count). The molecule has 0 spiro atoms. The third kappa shape index (κ3) is 4.81. The molecule has 0 amide bonds. The Morgan fingerprint density at radius 1 is 0.755 bits per heavy atom. The van der Waals surface area contributed by atoms with Gasteiger partial charge >= 0.3 is 0 Å². The Hall–Kier alpha value is -4.02. The number of benzene rings is 3. The maximum Gasteiger partial charge on any atom is 0.0862 e. The monoisotopic (exact) mass is 641 g/mol. The van der Waals surface area contributed by atoms with Crippen molar-refractivity contribution in [3.63, 3.8) is 0 Å². The number of hydrogen-bond donors (Lipinski definition) is 3. The summed E-state index contributed by atoms with van der Waals surface area (Å²) in [4.78, 5) is 0. The summed E-state index contributed by atoms with van der Waals surface area (Å²) in [6.45, 7) is 4.88. The molecule has 3 aromatic carbocycles. The van der Waals surface area contributed by atoms with E-state index in [9.17, 15) is 0 Å². The van der Waals surface area contributed by atoms with Crippen LogP contribution in [-0.4, -0.2) is 12.3 Å². The van der Waals surface area contributed by atoms with Crippen LogP contribution in [0.15, 0.2) is 133 Å². The highest BCUT2D eigenvalue weighted by molar-refractivity contribution is 5.86. The van der Waals surface area contributed by atoms with Crippen molar-refractivity contribution in [2.75, 3.05) is 0 Å². The van der Waals surface area contributed by atoms with Crippen LogP contribution in [0.25, 0.3) is 16.3 Å². The first kappa shape index (κ1) is 29.9. The topological polar surface area (TPSA) is 36.1 Å². The van der Waals surface area contributed by atoms with E-state index in [1.807, 2.05) is 0 Å². The Morgan fingerprint density at radius 2 is 1.63 bits per heavy atom. The standard InChI is InChI=1S/C46H47N3/c1-46(2)39-17-8-7-14-38(39)42-40(46)25-23-30-22-24-35-36(41(30)42)15-9-16-37(35)45-48-43(33-20-18-28-10-3-5-12-31(28)26-33)47-44(49-45)34-21-19-29-11-4-6-13-32(29)27-34/h3-6,8-13,15-21,23,25-26,29,32,34-36,43-45,47-49H,7,14,22,24,27H2,1-2H3. The van der Waals surface area contributed by atoms with Crippen molar-refractivity contribution in [3.8, 4) is 0 Å². The molecule has 1 heterocycles. The Bertz CT molecular complexity index is 2070. The molecule has 246 valence electrons. The van der Waals surface area contributed by atoms with Crippen LogP contribution >= 0.6 is 0 Å². The van der Waals surface area contributed by atoms with Crippen molar-refractivity contribution in [3.05, 3.63) is 160 Å². The van der Waals surface area contributed by atoms with Crippen LogP contribution in [0.3, 0.4) is 0 Å². The van der Waals surface area contributed by atoms with Crippen molar-refractivity contribution in [1.29, 1.82) is 0 Å². The fourth-order valence-electron chi connectivity index (χ4n) is 10.5. The first-order valence-electron chi connectivity index (χ1n) is 18.8. The van der Waals surface area contributed by atoms with Gasteiger partial charge in [-0.2, -0.15) is 0 Å². The first-order valence-corrected chi connectivity index (χ1v) is 18.8. The number of aryl methyl sites for hydroxylation is 1. The molecule has 0 bridgehead atoms. The van der Waals surface area contributed by atoms with Gasteiger partial charge in [-0.1, -0.05) is 129 Å². The van der Waals surface area contributed by atoms with Gasteiger partial charge in [-0.05, 0) is 105 Å². The summed E-state index contributed by atoms with van der Waals surface area (Å²) in [6.07, 6.45) is 32.4. The van der Waals surface area contributed by atoms with Gasteiger partial charge in [0, 0.05) is 23.2 Å². The largest absolute Gasteiger partial charge is 0.282 e. The predicted molar refractivity (Wildman–Crippen MR) is 203 cm³/mol. The van der Waals surface area contributed by atoms with Gasteiger partial charge in [0.2, 0.25) is 0 Å². The van der Waals surface area contributed by atoms with Crippen LogP contribution in [0.5, 0.6) is 0 Å². The van der Waals surface area contributed by atoms with Crippen LogP contribution in [0.2, 0.25) is 0 Å². The molecule has 1 fully saturated rings. The summed E-state index contributed by atoms with van der Waals surface area (Å²) in [6, 6.07) is 20.7. The van der Waals surface area contributed by atoms with E-state index >= 15 is 0 Å². The molecular weight excluding hydrogens is 595 g/mol. The minimum Gasteiger partial charge on any atom is -0.282 e. The number of allylic oxidation sites excluding steroid dienone is 12. The quantitative estimate of drug-likeness (QED) is 0.250. The van der Waals surface area contributed by atoms with Gasteiger partial charge in [-0.15, -0.1) is 0 Å². The minimum absolute atomic E-state index is 0.0432. The summed E-state index contributed by atoms with van der Waals surface area (Å²) in [7, 11) is 0. The van der Waals surface area contributed by atoms with Crippen molar-refractivity contribution in [2.24, 2.45) is 23.7 Å². The number of fused-ring (bicyclic) bond motifs is 8. The molecule has 1 saturated heterocycles. The van der Waals surface area contributed by atoms with Crippen LogP contribution < -0.4 is 16.0 Å². The van der Waals surface area contributed by atoms with Crippen LogP contribution in [-0.2, 0) is 11.8 Å². The maximum atomic E-state index is 4.16. The minimum atomic E-state index is 0.0432. The maximum absolute atomic E-state index is 4.16. The van der Waals surface area contributed by atoms with Crippen molar-refractivity contribution < 1.29 is 0 Å². The molecule has 3 N–H and O–H groups in total. The molecular formula is C46H47N3. The fourth-order valence-corrected chi connectivity index (χ4v) is 10.5. The number of nitrogens with one attached hydrogen (secondary N) is 3. The molecule has 7 aliphatic rings. The Morgan fingerprint density at radius 3 is 2.57 bits per heavy atom. The van der Waals surface area contributed by atoms with E-state index in [4.69, 9.17) is 0 Å². The lowest BCUT2D eigenvalue weighted by molar-refractivity contribution is 0.162. The van der Waals surface area contributed by atoms with Gasteiger partial charge in [0.15, 0.2) is 0 Å². The van der Waals surface area contributed by atoms with Crippen LogP contribution in [0.4, 0.5) is 0 Å². The second kappa shape index (κ2) is 11.5. The fraction of sp³-hybridized carbons (Fsp3) is 0.348. The molecule has 3 heteroatoms. The molecule has 49 heavy (non-hydrogen) atoms. The lowest BCUT2D eigenvalue weighted by Crippen LogP contribution is -2.66. The predicted octanol–water partition coefficient (Wildman–Crippen LogP) is 9.44. The summed E-state index contributed by atoms with van der Waals surface area (Å²) in [5.74, 6) is 2.36. The second-order valence-electron chi connectivity index (χ2n) is 16.0. The highest BCUT2D eigenvalue weighted by Gasteiger charge is 2.45. The lowest BCUT2D eigenvalue weighted by Gasteiger charge is -2.47. The van der Waals surface area contributed by atoms with Crippen LogP contribution in [0, 0.1) is 23.7 Å². The molecule has 0 aromatic heterocycles. The molecule has 1 aliphatic heterocycles. The van der Waals surface area contributed by atoms with Gasteiger partial charge in [0.05, 0.1) is 18.5 Å². The van der Waals surface area contributed by atoms with E-state index in [0.29, 0.717) is 29.6 Å². The van der Waals surface area contributed by atoms with E-state index in [2.05, 4.69) is 151 Å². The van der Waals surface area contributed by atoms with E-state index < -0.39 is 0 Å². The Kier molecular flexibility index (Phi) is 7.02. The molecule has 8 atom stereocenters. The summed E-state index contributed by atoms with van der Waals surface area (Å²) < 4.78 is 0. The molecule has 0 saturated carbocycles. The summed E-state index contributed by atoms with van der Waals surface area (Å²) >= 11 is 0. The second-order valence-corrected chi connectivity index (χ2v) is 16.0. The Balaban J connectivity index is 1.02. The summed E-state index contributed by atoms with van der Waals surface area (Å²) in [5.41, 5.74) is 12.4. The smallest absolute Gasteiger partial charge is 0.0862 e. The molecule has 3 nitrogen and oxygen atoms in total. The molecule has 6 aliphatic carbocycles. The van der Waals surface area contributed by atoms with Gasteiger partial charge in [-0.3, -0.25) is 16.0 Å². The third-order valence-corrected chi connectivity index (χ3v) is 13.0. The first-order chi connectivity index (χ1) is 24.0. The van der Waals surface area contributed by atoms with E-state index in [1.54, 1.807) is 27.8 Å². The van der Waals surface area contributed by atoms with Crippen molar-refractivity contribution in [1.82, 2.24) is 16.0 Å².